The first kappa shape index (κ1) is 12.0. The Kier molecular flexibility index (Phi) is 3.73. The minimum atomic E-state index is -0.257. The Morgan fingerprint density at radius 3 is 2.76 bits per heavy atom. The molecule has 0 fully saturated rings. The molecule has 0 spiro atoms. The highest BCUT2D eigenvalue weighted by atomic mass is 35.5. The number of carbonyl (C=O) groups is 1. The molecule has 2 aromatic rings. The molecule has 0 unspecified atom stereocenters. The third kappa shape index (κ3) is 3.03. The molecule has 0 bridgehead atoms. The van der Waals surface area contributed by atoms with Crippen molar-refractivity contribution in [3.63, 3.8) is 0 Å². The Hall–Kier alpha value is -1.43. The van der Waals surface area contributed by atoms with Gasteiger partial charge in [0.05, 0.1) is 9.34 Å². The minimum Gasteiger partial charge on any atom is -0.326 e. The van der Waals surface area contributed by atoms with Gasteiger partial charge in [-0.3, -0.25) is 9.78 Å². The maximum absolute atomic E-state index is 11.8. The van der Waals surface area contributed by atoms with Crippen LogP contribution < -0.4 is 11.1 Å². The lowest BCUT2D eigenvalue weighted by molar-refractivity contribution is 0.102. The van der Waals surface area contributed by atoms with Crippen LogP contribution in [0.5, 0.6) is 0 Å². The van der Waals surface area contributed by atoms with Crippen LogP contribution in [0.3, 0.4) is 0 Å². The summed E-state index contributed by atoms with van der Waals surface area (Å²) in [7, 11) is 0. The first-order valence-corrected chi connectivity index (χ1v) is 6.10. The number of hydrogen-bond donors (Lipinski definition) is 2. The van der Waals surface area contributed by atoms with Crippen molar-refractivity contribution in [2.45, 2.75) is 6.54 Å². The molecular weight excluding hydrogens is 258 g/mol. The molecule has 0 saturated carbocycles. The van der Waals surface area contributed by atoms with Crippen LogP contribution in [0, 0.1) is 0 Å². The standard InChI is InChI=1S/C11H10ClN3OS/c12-9-3-4-10(17-9)15-11(16)8-2-1-7(5-13)6-14-8/h1-4,6H,5,13H2,(H,15,16). The lowest BCUT2D eigenvalue weighted by Gasteiger charge is -2.02. The van der Waals surface area contributed by atoms with Crippen LogP contribution >= 0.6 is 22.9 Å². The lowest BCUT2D eigenvalue weighted by Crippen LogP contribution is -2.13. The van der Waals surface area contributed by atoms with Crippen LogP contribution in [0.4, 0.5) is 5.00 Å². The second kappa shape index (κ2) is 5.27. The Balaban J connectivity index is 2.09. The number of nitrogens with two attached hydrogens (primary N) is 1. The molecule has 88 valence electrons. The van der Waals surface area contributed by atoms with E-state index >= 15 is 0 Å². The second-order valence-electron chi connectivity index (χ2n) is 3.31. The predicted molar refractivity (Wildman–Crippen MR) is 69.4 cm³/mol. The van der Waals surface area contributed by atoms with Gasteiger partial charge in [-0.05, 0) is 23.8 Å². The van der Waals surface area contributed by atoms with Crippen LogP contribution in [0.2, 0.25) is 4.34 Å². The minimum absolute atomic E-state index is 0.257. The van der Waals surface area contributed by atoms with Crippen LogP contribution in [0.25, 0.3) is 0 Å². The molecule has 2 heterocycles. The summed E-state index contributed by atoms with van der Waals surface area (Å²) < 4.78 is 0.631. The van der Waals surface area contributed by atoms with E-state index in [-0.39, 0.29) is 5.91 Å². The first-order chi connectivity index (χ1) is 8.19. The van der Waals surface area contributed by atoms with Crippen LogP contribution in [-0.2, 0) is 6.54 Å². The van der Waals surface area contributed by atoms with Gasteiger partial charge in [-0.15, -0.1) is 11.3 Å². The smallest absolute Gasteiger partial charge is 0.274 e. The molecule has 4 nitrogen and oxygen atoms in total. The van der Waals surface area contributed by atoms with Gasteiger partial charge in [0.15, 0.2) is 0 Å². The Bertz CT molecular complexity index is 524. The zero-order valence-electron chi connectivity index (χ0n) is 8.81. The van der Waals surface area contributed by atoms with Gasteiger partial charge in [-0.2, -0.15) is 0 Å². The number of carbonyl (C=O) groups excluding carboxylic acids is 1. The van der Waals surface area contributed by atoms with Crippen molar-refractivity contribution in [3.8, 4) is 0 Å². The van der Waals surface area contributed by atoms with Gasteiger partial charge in [-0.1, -0.05) is 17.7 Å². The third-order valence-electron chi connectivity index (χ3n) is 2.10. The number of pyridine rings is 1. The SMILES string of the molecule is NCc1ccc(C(=O)Nc2ccc(Cl)s2)nc1. The summed E-state index contributed by atoms with van der Waals surface area (Å²) in [6, 6.07) is 6.90. The van der Waals surface area contributed by atoms with Gasteiger partial charge >= 0.3 is 0 Å². The highest BCUT2D eigenvalue weighted by Crippen LogP contribution is 2.26. The molecule has 3 N–H and O–H groups in total. The van der Waals surface area contributed by atoms with E-state index in [0.717, 1.165) is 5.56 Å². The first-order valence-electron chi connectivity index (χ1n) is 4.91. The molecule has 0 saturated heterocycles. The zero-order valence-corrected chi connectivity index (χ0v) is 10.4. The number of rotatable bonds is 3. The van der Waals surface area contributed by atoms with Crippen molar-refractivity contribution in [1.29, 1.82) is 0 Å². The van der Waals surface area contributed by atoms with E-state index in [0.29, 0.717) is 21.6 Å². The summed E-state index contributed by atoms with van der Waals surface area (Å²) in [5.41, 5.74) is 6.69. The summed E-state index contributed by atoms with van der Waals surface area (Å²) in [4.78, 5) is 15.8. The average molecular weight is 268 g/mol. The largest absolute Gasteiger partial charge is 0.326 e. The summed E-state index contributed by atoms with van der Waals surface area (Å²) in [5.74, 6) is -0.257. The van der Waals surface area contributed by atoms with E-state index in [9.17, 15) is 4.79 Å². The number of thiophene rings is 1. The van der Waals surface area contributed by atoms with Gasteiger partial charge in [0.25, 0.3) is 5.91 Å². The number of anilines is 1. The van der Waals surface area contributed by atoms with Crippen molar-refractivity contribution in [2.24, 2.45) is 5.73 Å². The molecule has 0 radical (unpaired) electrons. The van der Waals surface area contributed by atoms with Crippen LogP contribution in [0.15, 0.2) is 30.5 Å². The molecule has 17 heavy (non-hydrogen) atoms. The summed E-state index contributed by atoms with van der Waals surface area (Å²) in [6.07, 6.45) is 1.59. The fourth-order valence-electron chi connectivity index (χ4n) is 1.24. The van der Waals surface area contributed by atoms with Gasteiger partial charge in [-0.25, -0.2) is 0 Å². The molecule has 0 aliphatic carbocycles. The van der Waals surface area contributed by atoms with E-state index in [1.54, 1.807) is 30.5 Å². The number of amides is 1. The van der Waals surface area contributed by atoms with E-state index in [1.807, 2.05) is 0 Å². The van der Waals surface area contributed by atoms with E-state index < -0.39 is 0 Å². The highest BCUT2D eigenvalue weighted by Gasteiger charge is 2.08. The normalized spacial score (nSPS) is 10.2. The number of nitrogens with zero attached hydrogens (tertiary/aromatic N) is 1. The quantitative estimate of drug-likeness (QED) is 0.898. The second-order valence-corrected chi connectivity index (χ2v) is 5.03. The number of halogens is 1. The van der Waals surface area contributed by atoms with Crippen molar-refractivity contribution in [2.75, 3.05) is 5.32 Å². The maximum atomic E-state index is 11.8. The fourth-order valence-corrected chi connectivity index (χ4v) is 2.18. The Morgan fingerprint density at radius 1 is 1.41 bits per heavy atom. The van der Waals surface area contributed by atoms with Gasteiger partial charge in [0.1, 0.15) is 5.69 Å². The van der Waals surface area contributed by atoms with E-state index in [2.05, 4.69) is 10.3 Å². The lowest BCUT2D eigenvalue weighted by atomic mass is 10.2. The molecule has 0 atom stereocenters. The molecule has 0 aromatic carbocycles. The molecule has 0 aliphatic heterocycles. The maximum Gasteiger partial charge on any atom is 0.274 e. The van der Waals surface area contributed by atoms with Gasteiger partial charge in [0.2, 0.25) is 0 Å². The average Bonchev–Trinajstić information content (AvgIpc) is 2.75. The predicted octanol–water partition coefficient (Wildman–Crippen LogP) is 2.51. The third-order valence-corrected chi connectivity index (χ3v) is 3.25. The molecule has 2 aromatic heterocycles. The summed E-state index contributed by atoms with van der Waals surface area (Å²) in [5, 5.41) is 3.42. The number of aromatic nitrogens is 1. The number of hydrogen-bond acceptors (Lipinski definition) is 4. The molecule has 0 aliphatic rings. The van der Waals surface area contributed by atoms with Gasteiger partial charge < -0.3 is 11.1 Å². The summed E-state index contributed by atoms with van der Waals surface area (Å²) in [6.45, 7) is 0.412. The van der Waals surface area contributed by atoms with Crippen molar-refractivity contribution in [3.05, 3.63) is 46.1 Å². The highest BCUT2D eigenvalue weighted by molar-refractivity contribution is 7.20. The molecule has 1 amide bonds. The zero-order chi connectivity index (χ0) is 12.3. The van der Waals surface area contributed by atoms with Crippen LogP contribution in [0.1, 0.15) is 16.1 Å². The van der Waals surface area contributed by atoms with Crippen LogP contribution in [-0.4, -0.2) is 10.9 Å². The topological polar surface area (TPSA) is 68.0 Å². The molecule has 2 rings (SSSR count). The fraction of sp³-hybridized carbons (Fsp3) is 0.0909. The van der Waals surface area contributed by atoms with Crippen molar-refractivity contribution < 1.29 is 4.79 Å². The monoisotopic (exact) mass is 267 g/mol. The van der Waals surface area contributed by atoms with Gasteiger partial charge in [0, 0.05) is 12.7 Å². The number of nitrogens with one attached hydrogen (secondary N) is 1. The Labute approximate surface area is 107 Å². The van der Waals surface area contributed by atoms with E-state index in [4.69, 9.17) is 17.3 Å². The summed E-state index contributed by atoms with van der Waals surface area (Å²) >= 11 is 7.07. The van der Waals surface area contributed by atoms with Crippen molar-refractivity contribution >= 4 is 33.8 Å². The Morgan fingerprint density at radius 2 is 2.24 bits per heavy atom. The van der Waals surface area contributed by atoms with E-state index in [1.165, 1.54) is 11.3 Å². The molecular formula is C11H10ClN3OS. The molecule has 6 heteroatoms. The van der Waals surface area contributed by atoms with Crippen molar-refractivity contribution in [1.82, 2.24) is 4.98 Å².